The molecule has 9 heteroatoms. The zero-order valence-electron chi connectivity index (χ0n) is 14.7. The van der Waals surface area contributed by atoms with Crippen molar-refractivity contribution in [2.24, 2.45) is 0 Å². The summed E-state index contributed by atoms with van der Waals surface area (Å²) in [6.45, 7) is 2.25. The molecule has 2 aliphatic heterocycles. The zero-order chi connectivity index (χ0) is 19.6. The molecule has 0 N–H and O–H groups in total. The number of nitrogens with zero attached hydrogens (tertiary/aromatic N) is 3. The van der Waals surface area contributed by atoms with Crippen molar-refractivity contribution in [3.8, 4) is 0 Å². The van der Waals surface area contributed by atoms with Crippen LogP contribution in [0, 0.1) is 6.92 Å². The summed E-state index contributed by atoms with van der Waals surface area (Å²) < 4.78 is 1.63. The van der Waals surface area contributed by atoms with E-state index in [1.165, 1.54) is 12.1 Å². The van der Waals surface area contributed by atoms with Crippen LogP contribution in [-0.4, -0.2) is 32.4 Å². The quantitative estimate of drug-likeness (QED) is 0.616. The molecule has 1 aromatic carbocycles. The number of amides is 2. The first-order chi connectivity index (χ1) is 13.5. The van der Waals surface area contributed by atoms with Gasteiger partial charge in [-0.2, -0.15) is 0 Å². The molecule has 0 spiro atoms. The van der Waals surface area contributed by atoms with Gasteiger partial charge in [0.05, 0.1) is 16.5 Å². The van der Waals surface area contributed by atoms with Gasteiger partial charge in [-0.15, -0.1) is 11.3 Å². The number of hydrogen-bond acceptors (Lipinski definition) is 7. The van der Waals surface area contributed by atoms with E-state index in [-0.39, 0.29) is 21.6 Å². The van der Waals surface area contributed by atoms with Crippen LogP contribution in [0.1, 0.15) is 48.2 Å². The van der Waals surface area contributed by atoms with Crippen LogP contribution in [0.3, 0.4) is 0 Å². The Morgan fingerprint density at radius 3 is 2.50 bits per heavy atom. The van der Waals surface area contributed by atoms with Gasteiger partial charge in [-0.05, 0) is 31.0 Å². The van der Waals surface area contributed by atoms with Gasteiger partial charge in [-0.3, -0.25) is 19.0 Å². The number of benzene rings is 1. The van der Waals surface area contributed by atoms with Gasteiger partial charge in [0, 0.05) is 13.0 Å². The maximum Gasteiger partial charge on any atom is 0.374 e. The number of hydroxylamine groups is 2. The van der Waals surface area contributed by atoms with Crippen molar-refractivity contribution in [3.63, 3.8) is 0 Å². The number of imide groups is 1. The van der Waals surface area contributed by atoms with Gasteiger partial charge in [-0.1, -0.05) is 17.2 Å². The molecule has 2 aromatic heterocycles. The van der Waals surface area contributed by atoms with Crippen LogP contribution >= 0.6 is 11.3 Å². The molecule has 0 aliphatic carbocycles. The number of hydrogen-bond donors (Lipinski definition) is 0. The fourth-order valence-electron chi connectivity index (χ4n) is 3.64. The summed E-state index contributed by atoms with van der Waals surface area (Å²) in [5.74, 6) is -1.53. The predicted octanol–water partition coefficient (Wildman–Crippen LogP) is 2.08. The highest BCUT2D eigenvalue weighted by Gasteiger charge is 2.39. The van der Waals surface area contributed by atoms with E-state index >= 15 is 0 Å². The number of aryl methyl sites for hydroxylation is 2. The maximum absolute atomic E-state index is 12.7. The van der Waals surface area contributed by atoms with Crippen molar-refractivity contribution >= 4 is 39.3 Å². The summed E-state index contributed by atoms with van der Waals surface area (Å²) in [5, 5.41) is 0.849. The Labute approximate surface area is 161 Å². The maximum atomic E-state index is 12.7. The monoisotopic (exact) mass is 395 g/mol. The Balaban J connectivity index is 1.52. The van der Waals surface area contributed by atoms with Gasteiger partial charge in [0.1, 0.15) is 15.5 Å². The largest absolute Gasteiger partial charge is 0.374 e. The van der Waals surface area contributed by atoms with Crippen LogP contribution in [0.25, 0.3) is 10.2 Å². The minimum absolute atomic E-state index is 0.153. The highest BCUT2D eigenvalue weighted by Crippen LogP contribution is 2.30. The normalized spacial score (nSPS) is 15.2. The highest BCUT2D eigenvalue weighted by atomic mass is 32.1. The number of thiophene rings is 1. The number of fused-ring (bicyclic) bond motifs is 3. The van der Waals surface area contributed by atoms with Crippen molar-refractivity contribution in [2.45, 2.75) is 26.3 Å². The van der Waals surface area contributed by atoms with E-state index in [1.54, 1.807) is 23.6 Å². The average Bonchev–Trinajstić information content (AvgIpc) is 3.35. The van der Waals surface area contributed by atoms with E-state index in [1.807, 2.05) is 0 Å². The van der Waals surface area contributed by atoms with Gasteiger partial charge in [0.25, 0.3) is 17.4 Å². The molecule has 3 aromatic rings. The number of rotatable bonds is 2. The second-order valence-electron chi connectivity index (χ2n) is 6.65. The van der Waals surface area contributed by atoms with Gasteiger partial charge in [0.2, 0.25) is 0 Å². The topological polar surface area (TPSA) is 98.6 Å². The predicted molar refractivity (Wildman–Crippen MR) is 99.3 cm³/mol. The first-order valence-electron chi connectivity index (χ1n) is 8.70. The summed E-state index contributed by atoms with van der Waals surface area (Å²) in [4.78, 5) is 60.5. The standard InChI is InChI=1S/C19H13N3O5S/c1-9-13-15(20-12-7-4-8-21(12)18(13)25)28-14(9)19(26)27-22-16(23)10-5-2-3-6-11(10)17(22)24/h2-3,5-6H,4,7-8H2,1H3. The van der Waals surface area contributed by atoms with Crippen LogP contribution in [0.2, 0.25) is 0 Å². The van der Waals surface area contributed by atoms with E-state index in [4.69, 9.17) is 4.84 Å². The molecule has 4 heterocycles. The average molecular weight is 395 g/mol. The Hall–Kier alpha value is -3.33. The van der Waals surface area contributed by atoms with E-state index in [9.17, 15) is 19.2 Å². The summed E-state index contributed by atoms with van der Waals surface area (Å²) in [6, 6.07) is 6.26. The zero-order valence-corrected chi connectivity index (χ0v) is 15.5. The van der Waals surface area contributed by atoms with Crippen LogP contribution in [-0.2, 0) is 17.8 Å². The molecule has 2 amide bonds. The molecule has 2 aliphatic rings. The lowest BCUT2D eigenvalue weighted by Crippen LogP contribution is -2.32. The van der Waals surface area contributed by atoms with E-state index in [0.717, 1.165) is 24.2 Å². The van der Waals surface area contributed by atoms with E-state index in [2.05, 4.69) is 4.98 Å². The van der Waals surface area contributed by atoms with Gasteiger partial charge >= 0.3 is 5.97 Å². The molecular weight excluding hydrogens is 382 g/mol. The summed E-state index contributed by atoms with van der Waals surface area (Å²) in [5.41, 5.74) is 0.640. The lowest BCUT2D eigenvalue weighted by molar-refractivity contribution is -0.0581. The lowest BCUT2D eigenvalue weighted by Gasteiger charge is -2.12. The van der Waals surface area contributed by atoms with Crippen molar-refractivity contribution in [2.75, 3.05) is 0 Å². The Kier molecular flexibility index (Phi) is 3.50. The van der Waals surface area contributed by atoms with Crippen LogP contribution in [0.5, 0.6) is 0 Å². The molecule has 0 saturated carbocycles. The third-order valence-electron chi connectivity index (χ3n) is 5.03. The van der Waals surface area contributed by atoms with Crippen LogP contribution in [0.4, 0.5) is 0 Å². The highest BCUT2D eigenvalue weighted by molar-refractivity contribution is 7.20. The molecule has 0 bridgehead atoms. The molecule has 140 valence electrons. The molecule has 8 nitrogen and oxygen atoms in total. The minimum atomic E-state index is -0.862. The Morgan fingerprint density at radius 1 is 1.14 bits per heavy atom. The molecule has 28 heavy (non-hydrogen) atoms. The Morgan fingerprint density at radius 2 is 1.82 bits per heavy atom. The molecule has 0 atom stereocenters. The van der Waals surface area contributed by atoms with Gasteiger partial charge < -0.3 is 4.84 Å². The first kappa shape index (κ1) is 16.8. The van der Waals surface area contributed by atoms with Gasteiger partial charge in [0.15, 0.2) is 0 Å². The first-order valence-corrected chi connectivity index (χ1v) is 9.52. The van der Waals surface area contributed by atoms with Crippen molar-refractivity contribution < 1.29 is 19.2 Å². The molecule has 0 unspecified atom stereocenters. The summed E-state index contributed by atoms with van der Waals surface area (Å²) in [6.07, 6.45) is 1.59. The van der Waals surface area contributed by atoms with Crippen molar-refractivity contribution in [3.05, 3.63) is 62.0 Å². The second kappa shape index (κ2) is 5.83. The van der Waals surface area contributed by atoms with E-state index < -0.39 is 17.8 Å². The fourth-order valence-corrected chi connectivity index (χ4v) is 4.71. The molecule has 5 rings (SSSR count). The number of carbonyl (C=O) groups is 3. The molecule has 0 saturated heterocycles. The molecule has 0 radical (unpaired) electrons. The lowest BCUT2D eigenvalue weighted by atomic mass is 10.1. The van der Waals surface area contributed by atoms with Crippen molar-refractivity contribution in [1.29, 1.82) is 0 Å². The number of aromatic nitrogens is 2. The SMILES string of the molecule is Cc1c(C(=O)ON2C(=O)c3ccccc3C2=O)sc2nc3n(c(=O)c12)CCC3. The molecular formula is C19H13N3O5S. The smallest absolute Gasteiger partial charge is 0.323 e. The Bertz CT molecular complexity index is 1240. The minimum Gasteiger partial charge on any atom is -0.323 e. The fraction of sp³-hybridized carbons (Fsp3) is 0.211. The number of carbonyl (C=O) groups excluding carboxylic acids is 3. The molecule has 0 fully saturated rings. The van der Waals surface area contributed by atoms with Crippen LogP contribution in [0.15, 0.2) is 29.1 Å². The summed E-state index contributed by atoms with van der Waals surface area (Å²) >= 11 is 1.03. The summed E-state index contributed by atoms with van der Waals surface area (Å²) in [7, 11) is 0. The third-order valence-corrected chi connectivity index (χ3v) is 6.19. The van der Waals surface area contributed by atoms with Gasteiger partial charge in [-0.25, -0.2) is 9.78 Å². The van der Waals surface area contributed by atoms with E-state index in [0.29, 0.717) is 33.2 Å². The second-order valence-corrected chi connectivity index (χ2v) is 7.65. The van der Waals surface area contributed by atoms with Crippen LogP contribution < -0.4 is 5.56 Å². The van der Waals surface area contributed by atoms with Crippen molar-refractivity contribution in [1.82, 2.24) is 14.6 Å². The third kappa shape index (κ3) is 2.19.